The number of hydrogen-bond acceptors (Lipinski definition) is 4. The highest BCUT2D eigenvalue weighted by atomic mass is 32.1. The Hall–Kier alpha value is -1.66. The second-order valence-corrected chi connectivity index (χ2v) is 5.17. The van der Waals surface area contributed by atoms with Gasteiger partial charge in [-0.25, -0.2) is 4.98 Å². The summed E-state index contributed by atoms with van der Waals surface area (Å²) in [6, 6.07) is 1.50. The third-order valence-corrected chi connectivity index (χ3v) is 3.27. The second kappa shape index (κ2) is 5.32. The van der Waals surface area contributed by atoms with Crippen LogP contribution in [0.4, 0.5) is 0 Å². The Balaban J connectivity index is 2.13. The van der Waals surface area contributed by atoms with Crippen LogP contribution in [0, 0.1) is 6.92 Å². The molecule has 5 nitrogen and oxygen atoms in total. The molecule has 0 saturated carbocycles. The molecule has 0 fully saturated rings. The smallest absolute Gasteiger partial charge is 0.268 e. The van der Waals surface area contributed by atoms with E-state index >= 15 is 0 Å². The van der Waals surface area contributed by atoms with Crippen LogP contribution in [0.15, 0.2) is 17.6 Å². The first kappa shape index (κ1) is 12.8. The van der Waals surface area contributed by atoms with Gasteiger partial charge in [0.25, 0.3) is 5.91 Å². The van der Waals surface area contributed by atoms with E-state index in [2.05, 4.69) is 15.3 Å². The number of thiazole rings is 1. The number of rotatable bonds is 4. The van der Waals surface area contributed by atoms with Crippen molar-refractivity contribution >= 4 is 17.2 Å². The second-order valence-electron chi connectivity index (χ2n) is 4.11. The van der Waals surface area contributed by atoms with E-state index in [4.69, 9.17) is 5.11 Å². The highest BCUT2D eigenvalue weighted by molar-refractivity contribution is 7.09. The molecule has 0 saturated heterocycles. The molecule has 2 heterocycles. The topological polar surface area (TPSA) is 78.0 Å². The highest BCUT2D eigenvalue weighted by Crippen LogP contribution is 2.22. The van der Waals surface area contributed by atoms with Crippen molar-refractivity contribution in [1.29, 1.82) is 0 Å². The van der Waals surface area contributed by atoms with E-state index in [9.17, 15) is 4.79 Å². The summed E-state index contributed by atoms with van der Waals surface area (Å²) >= 11 is 1.57. The Morgan fingerprint density at radius 1 is 1.67 bits per heavy atom. The predicted octanol–water partition coefficient (Wildman–Crippen LogP) is 1.56. The van der Waals surface area contributed by atoms with Crippen LogP contribution >= 0.6 is 11.3 Å². The van der Waals surface area contributed by atoms with Gasteiger partial charge in [0.1, 0.15) is 5.69 Å². The van der Waals surface area contributed by atoms with Crippen molar-refractivity contribution in [3.63, 3.8) is 0 Å². The lowest BCUT2D eigenvalue weighted by Crippen LogP contribution is -2.35. The molecule has 0 bridgehead atoms. The molecule has 1 amide bonds. The summed E-state index contributed by atoms with van der Waals surface area (Å²) in [7, 11) is 0. The first-order valence-corrected chi connectivity index (χ1v) is 6.50. The van der Waals surface area contributed by atoms with Gasteiger partial charge in [-0.15, -0.1) is 11.3 Å². The number of amides is 1. The van der Waals surface area contributed by atoms with E-state index < -0.39 is 0 Å². The number of aryl methyl sites for hydroxylation is 1. The van der Waals surface area contributed by atoms with Gasteiger partial charge in [0.15, 0.2) is 0 Å². The van der Waals surface area contributed by atoms with Crippen LogP contribution in [0.3, 0.4) is 0 Å². The molecule has 0 aromatic carbocycles. The molecule has 3 N–H and O–H groups in total. The third-order valence-electron chi connectivity index (χ3n) is 2.49. The summed E-state index contributed by atoms with van der Waals surface area (Å²) in [6.45, 7) is 3.60. The molecule has 1 atom stereocenters. The van der Waals surface area contributed by atoms with Crippen LogP contribution in [0.25, 0.3) is 11.3 Å². The highest BCUT2D eigenvalue weighted by Gasteiger charge is 2.12. The molecule has 0 aliphatic carbocycles. The number of carbonyl (C=O) groups excluding carboxylic acids is 1. The Kier molecular flexibility index (Phi) is 3.78. The summed E-state index contributed by atoms with van der Waals surface area (Å²) in [5.41, 5.74) is 2.22. The largest absolute Gasteiger partial charge is 0.394 e. The monoisotopic (exact) mass is 265 g/mol. The van der Waals surface area contributed by atoms with E-state index in [-0.39, 0.29) is 18.6 Å². The molecule has 0 aliphatic heterocycles. The summed E-state index contributed by atoms with van der Waals surface area (Å²) in [5.74, 6) is -0.227. The number of aromatic nitrogens is 2. The van der Waals surface area contributed by atoms with Crippen molar-refractivity contribution in [1.82, 2.24) is 15.3 Å². The fraction of sp³-hybridized carbons (Fsp3) is 0.333. The average molecular weight is 265 g/mol. The molecule has 96 valence electrons. The minimum absolute atomic E-state index is 0.0788. The SMILES string of the molecule is Cc1nc(-c2c[nH]c(C(=O)N[C@H](C)CO)c2)cs1. The third kappa shape index (κ3) is 2.77. The Labute approximate surface area is 109 Å². The number of aromatic amines is 1. The van der Waals surface area contributed by atoms with Crippen molar-refractivity contribution in [2.45, 2.75) is 19.9 Å². The first-order chi connectivity index (χ1) is 8.60. The zero-order chi connectivity index (χ0) is 13.1. The minimum Gasteiger partial charge on any atom is -0.394 e. The van der Waals surface area contributed by atoms with Gasteiger partial charge < -0.3 is 15.4 Å². The van der Waals surface area contributed by atoms with Crippen molar-refractivity contribution in [2.75, 3.05) is 6.61 Å². The van der Waals surface area contributed by atoms with Gasteiger partial charge in [0, 0.05) is 23.2 Å². The summed E-state index contributed by atoms with van der Waals surface area (Å²) in [5, 5.41) is 14.5. The molecule has 0 unspecified atom stereocenters. The van der Waals surface area contributed by atoms with E-state index in [0.717, 1.165) is 16.3 Å². The number of aliphatic hydroxyl groups is 1. The van der Waals surface area contributed by atoms with Crippen molar-refractivity contribution in [3.8, 4) is 11.3 Å². The van der Waals surface area contributed by atoms with Gasteiger partial charge in [-0.2, -0.15) is 0 Å². The molecule has 2 aromatic rings. The number of nitrogens with zero attached hydrogens (tertiary/aromatic N) is 1. The predicted molar refractivity (Wildman–Crippen MR) is 70.7 cm³/mol. The lowest BCUT2D eigenvalue weighted by atomic mass is 10.2. The molecule has 6 heteroatoms. The van der Waals surface area contributed by atoms with E-state index in [1.54, 1.807) is 30.5 Å². The molecule has 18 heavy (non-hydrogen) atoms. The lowest BCUT2D eigenvalue weighted by Gasteiger charge is -2.08. The molecular formula is C12H15N3O2S. The molecule has 0 aliphatic rings. The lowest BCUT2D eigenvalue weighted by molar-refractivity contribution is 0.0918. The number of H-pyrrole nitrogens is 1. The van der Waals surface area contributed by atoms with Gasteiger partial charge in [0.05, 0.1) is 17.3 Å². The number of carbonyl (C=O) groups is 1. The quantitative estimate of drug-likeness (QED) is 0.785. The molecule has 2 rings (SSSR count). The van der Waals surface area contributed by atoms with Crippen molar-refractivity contribution in [3.05, 3.63) is 28.3 Å². The van der Waals surface area contributed by atoms with Crippen LogP contribution in [-0.2, 0) is 0 Å². The maximum atomic E-state index is 11.8. The Morgan fingerprint density at radius 2 is 2.44 bits per heavy atom. The van der Waals surface area contributed by atoms with Gasteiger partial charge in [-0.1, -0.05) is 0 Å². The van der Waals surface area contributed by atoms with Gasteiger partial charge >= 0.3 is 0 Å². The van der Waals surface area contributed by atoms with Gasteiger partial charge in [-0.3, -0.25) is 4.79 Å². The van der Waals surface area contributed by atoms with E-state index in [1.807, 2.05) is 12.3 Å². The minimum atomic E-state index is -0.259. The standard InChI is InChI=1S/C12H15N3O2S/c1-7(5-16)14-12(17)10-3-9(4-13-10)11-6-18-8(2)15-11/h3-4,6-7,13,16H,5H2,1-2H3,(H,14,17)/t7-/m1/s1. The fourth-order valence-corrected chi connectivity index (χ4v) is 2.14. The number of nitrogens with one attached hydrogen (secondary N) is 2. The fourth-order valence-electron chi connectivity index (χ4n) is 1.52. The first-order valence-electron chi connectivity index (χ1n) is 5.63. The van der Waals surface area contributed by atoms with E-state index in [0.29, 0.717) is 5.69 Å². The molecule has 0 radical (unpaired) electrons. The number of aliphatic hydroxyl groups excluding tert-OH is 1. The Morgan fingerprint density at radius 3 is 3.06 bits per heavy atom. The maximum absolute atomic E-state index is 11.8. The zero-order valence-corrected chi connectivity index (χ0v) is 11.0. The van der Waals surface area contributed by atoms with Crippen LogP contribution in [0.5, 0.6) is 0 Å². The summed E-state index contributed by atoms with van der Waals surface area (Å²) in [6.07, 6.45) is 1.76. The van der Waals surface area contributed by atoms with Crippen LogP contribution < -0.4 is 5.32 Å². The van der Waals surface area contributed by atoms with Gasteiger partial charge in [-0.05, 0) is 19.9 Å². The van der Waals surface area contributed by atoms with Crippen molar-refractivity contribution in [2.24, 2.45) is 0 Å². The molecule has 0 spiro atoms. The van der Waals surface area contributed by atoms with Crippen LogP contribution in [0.1, 0.15) is 22.4 Å². The number of hydrogen-bond donors (Lipinski definition) is 3. The van der Waals surface area contributed by atoms with Crippen molar-refractivity contribution < 1.29 is 9.90 Å². The zero-order valence-electron chi connectivity index (χ0n) is 10.2. The van der Waals surface area contributed by atoms with Crippen LogP contribution in [0.2, 0.25) is 0 Å². The normalized spacial score (nSPS) is 12.4. The molecule has 2 aromatic heterocycles. The summed E-state index contributed by atoms with van der Waals surface area (Å²) in [4.78, 5) is 19.1. The Bertz CT molecular complexity index is 547. The summed E-state index contributed by atoms with van der Waals surface area (Å²) < 4.78 is 0. The maximum Gasteiger partial charge on any atom is 0.268 e. The van der Waals surface area contributed by atoms with Crippen LogP contribution in [-0.4, -0.2) is 33.6 Å². The van der Waals surface area contributed by atoms with Gasteiger partial charge in [0.2, 0.25) is 0 Å². The average Bonchev–Trinajstić information content (AvgIpc) is 2.96. The molecular weight excluding hydrogens is 250 g/mol. The van der Waals surface area contributed by atoms with E-state index in [1.165, 1.54) is 0 Å².